The minimum atomic E-state index is -0.0455. The highest BCUT2D eigenvalue weighted by Gasteiger charge is 2.25. The van der Waals surface area contributed by atoms with Crippen LogP contribution in [0.15, 0.2) is 24.4 Å². The second kappa shape index (κ2) is 8.41. The Kier molecular flexibility index (Phi) is 5.98. The normalized spacial score (nSPS) is 16.7. The molecule has 2 N–H and O–H groups in total. The van der Waals surface area contributed by atoms with Crippen LogP contribution in [0.2, 0.25) is 5.02 Å². The summed E-state index contributed by atoms with van der Waals surface area (Å²) in [6, 6.07) is 5.28. The number of nitrogens with zero attached hydrogens (tertiary/aromatic N) is 3. The lowest BCUT2D eigenvalue weighted by molar-refractivity contribution is 0.00358. The number of hydrogen-bond donors (Lipinski definition) is 2. The standard InChI is InChI=1S/C18H22ClN5O3/c1-11-10-27-7-6-24(11)17(25)12-4-5-14(15(8-12)26-3)22-18-21-9-13(19)16(20-2)23-18/h4-5,8-9,11H,6-7,10H2,1-3H3,(H2,20,21,22,23)/t11-/m0/s1. The first kappa shape index (κ1) is 19.2. The smallest absolute Gasteiger partial charge is 0.254 e. The summed E-state index contributed by atoms with van der Waals surface area (Å²) < 4.78 is 10.8. The van der Waals surface area contributed by atoms with Gasteiger partial charge in [0.25, 0.3) is 5.91 Å². The monoisotopic (exact) mass is 391 g/mol. The number of ether oxygens (including phenoxy) is 2. The van der Waals surface area contributed by atoms with Gasteiger partial charge in [0.05, 0.1) is 38.2 Å². The predicted octanol–water partition coefficient (Wildman–Crippen LogP) is 2.78. The molecular formula is C18H22ClN5O3. The molecule has 1 fully saturated rings. The number of halogens is 1. The molecule has 27 heavy (non-hydrogen) atoms. The summed E-state index contributed by atoms with van der Waals surface area (Å²) in [4.78, 5) is 23.1. The Morgan fingerprint density at radius 2 is 2.26 bits per heavy atom. The number of amides is 1. The number of aromatic nitrogens is 2. The molecule has 144 valence electrons. The van der Waals surface area contributed by atoms with Crippen LogP contribution in [0.1, 0.15) is 17.3 Å². The summed E-state index contributed by atoms with van der Waals surface area (Å²) in [6.45, 7) is 3.65. The third-order valence-corrected chi connectivity index (χ3v) is 4.58. The molecule has 1 aliphatic rings. The van der Waals surface area contributed by atoms with Crippen LogP contribution < -0.4 is 15.4 Å². The van der Waals surface area contributed by atoms with E-state index in [4.69, 9.17) is 21.1 Å². The molecule has 1 aromatic heterocycles. The number of methoxy groups -OCH3 is 1. The number of rotatable bonds is 5. The molecule has 2 heterocycles. The van der Waals surface area contributed by atoms with Gasteiger partial charge >= 0.3 is 0 Å². The Bertz CT molecular complexity index is 833. The quantitative estimate of drug-likeness (QED) is 0.810. The lowest BCUT2D eigenvalue weighted by atomic mass is 10.1. The van der Waals surface area contributed by atoms with Crippen LogP contribution in [0, 0.1) is 0 Å². The molecular weight excluding hydrogens is 370 g/mol. The SMILES string of the molecule is CNc1nc(Nc2ccc(C(=O)N3CCOC[C@@H]3C)cc2OC)ncc1Cl. The molecule has 0 unspecified atom stereocenters. The van der Waals surface area contributed by atoms with Crippen LogP contribution in [-0.2, 0) is 4.74 Å². The molecule has 1 amide bonds. The Morgan fingerprint density at radius 3 is 2.96 bits per heavy atom. The van der Waals surface area contributed by atoms with Crippen LogP contribution in [-0.4, -0.2) is 60.7 Å². The Morgan fingerprint density at radius 1 is 1.44 bits per heavy atom. The predicted molar refractivity (Wildman–Crippen MR) is 104 cm³/mol. The van der Waals surface area contributed by atoms with Crippen molar-refractivity contribution in [2.75, 3.05) is 44.5 Å². The fraction of sp³-hybridized carbons (Fsp3) is 0.389. The summed E-state index contributed by atoms with van der Waals surface area (Å²) in [5.41, 5.74) is 1.20. The zero-order valence-electron chi connectivity index (χ0n) is 15.5. The van der Waals surface area contributed by atoms with Gasteiger partial charge in [-0.05, 0) is 25.1 Å². The maximum atomic E-state index is 12.8. The van der Waals surface area contributed by atoms with E-state index in [-0.39, 0.29) is 11.9 Å². The van der Waals surface area contributed by atoms with Crippen molar-refractivity contribution in [1.29, 1.82) is 0 Å². The van der Waals surface area contributed by atoms with Crippen molar-refractivity contribution in [1.82, 2.24) is 14.9 Å². The molecule has 0 radical (unpaired) electrons. The van der Waals surface area contributed by atoms with E-state index in [9.17, 15) is 4.79 Å². The number of benzene rings is 1. The maximum Gasteiger partial charge on any atom is 0.254 e. The second-order valence-corrected chi connectivity index (χ2v) is 6.51. The summed E-state index contributed by atoms with van der Waals surface area (Å²) in [5, 5.41) is 6.42. The van der Waals surface area contributed by atoms with Crippen LogP contribution >= 0.6 is 11.6 Å². The van der Waals surface area contributed by atoms with Gasteiger partial charge in [-0.3, -0.25) is 4.79 Å². The minimum absolute atomic E-state index is 0.0393. The van der Waals surface area contributed by atoms with Gasteiger partial charge in [0.15, 0.2) is 0 Å². The first-order chi connectivity index (χ1) is 13.0. The topological polar surface area (TPSA) is 88.6 Å². The number of hydrogen-bond acceptors (Lipinski definition) is 7. The molecule has 2 aromatic rings. The van der Waals surface area contributed by atoms with Crippen LogP contribution in [0.3, 0.4) is 0 Å². The molecule has 1 atom stereocenters. The van der Waals surface area contributed by atoms with Gasteiger partial charge in [-0.25, -0.2) is 4.98 Å². The van der Waals surface area contributed by atoms with Crippen LogP contribution in [0.4, 0.5) is 17.5 Å². The largest absolute Gasteiger partial charge is 0.495 e. The lowest BCUT2D eigenvalue weighted by Crippen LogP contribution is -2.47. The van der Waals surface area contributed by atoms with E-state index in [1.165, 1.54) is 6.20 Å². The molecule has 0 spiro atoms. The van der Waals surface area contributed by atoms with Crippen molar-refractivity contribution in [2.24, 2.45) is 0 Å². The second-order valence-electron chi connectivity index (χ2n) is 6.10. The first-order valence-electron chi connectivity index (χ1n) is 8.57. The fourth-order valence-corrected chi connectivity index (χ4v) is 3.03. The molecule has 3 rings (SSSR count). The van der Waals surface area contributed by atoms with E-state index in [0.29, 0.717) is 53.5 Å². The fourth-order valence-electron chi connectivity index (χ4n) is 2.85. The molecule has 1 aliphatic heterocycles. The van der Waals surface area contributed by atoms with Gasteiger partial charge in [-0.2, -0.15) is 4.98 Å². The summed E-state index contributed by atoms with van der Waals surface area (Å²) >= 11 is 6.01. The zero-order chi connectivity index (χ0) is 19.4. The van der Waals surface area contributed by atoms with E-state index >= 15 is 0 Å². The summed E-state index contributed by atoms with van der Waals surface area (Å²) in [7, 11) is 3.28. The van der Waals surface area contributed by atoms with E-state index in [2.05, 4.69) is 20.6 Å². The third-order valence-electron chi connectivity index (χ3n) is 4.30. The van der Waals surface area contributed by atoms with Gasteiger partial charge in [0.2, 0.25) is 5.95 Å². The van der Waals surface area contributed by atoms with Crippen molar-refractivity contribution in [2.45, 2.75) is 13.0 Å². The van der Waals surface area contributed by atoms with Crippen LogP contribution in [0.5, 0.6) is 5.75 Å². The van der Waals surface area contributed by atoms with E-state index < -0.39 is 0 Å². The first-order valence-corrected chi connectivity index (χ1v) is 8.95. The highest BCUT2D eigenvalue weighted by molar-refractivity contribution is 6.32. The number of carbonyl (C=O) groups is 1. The lowest BCUT2D eigenvalue weighted by Gasteiger charge is -2.33. The van der Waals surface area contributed by atoms with Gasteiger partial charge in [0.1, 0.15) is 16.6 Å². The summed E-state index contributed by atoms with van der Waals surface area (Å²) in [6.07, 6.45) is 1.51. The molecule has 1 saturated heterocycles. The average molecular weight is 392 g/mol. The van der Waals surface area contributed by atoms with Crippen molar-refractivity contribution < 1.29 is 14.3 Å². The highest BCUT2D eigenvalue weighted by atomic mass is 35.5. The van der Waals surface area contributed by atoms with Gasteiger partial charge in [0, 0.05) is 19.2 Å². The van der Waals surface area contributed by atoms with Crippen molar-refractivity contribution in [3.63, 3.8) is 0 Å². The molecule has 0 aliphatic carbocycles. The molecule has 8 nitrogen and oxygen atoms in total. The number of anilines is 3. The summed E-state index contributed by atoms with van der Waals surface area (Å²) in [5.74, 6) is 1.35. The number of morpholine rings is 1. The Hall–Kier alpha value is -2.58. The zero-order valence-corrected chi connectivity index (χ0v) is 16.2. The Labute approximate surface area is 162 Å². The average Bonchev–Trinajstić information content (AvgIpc) is 2.69. The van der Waals surface area contributed by atoms with Crippen molar-refractivity contribution in [3.05, 3.63) is 35.0 Å². The van der Waals surface area contributed by atoms with Crippen molar-refractivity contribution >= 4 is 35.0 Å². The molecule has 0 bridgehead atoms. The van der Waals surface area contributed by atoms with Gasteiger partial charge < -0.3 is 25.0 Å². The number of nitrogens with one attached hydrogen (secondary N) is 2. The van der Waals surface area contributed by atoms with Gasteiger partial charge in [-0.15, -0.1) is 0 Å². The minimum Gasteiger partial charge on any atom is -0.495 e. The van der Waals surface area contributed by atoms with E-state index in [1.54, 1.807) is 32.4 Å². The Balaban J connectivity index is 1.83. The molecule has 9 heteroatoms. The molecule has 1 aromatic carbocycles. The van der Waals surface area contributed by atoms with E-state index in [0.717, 1.165) is 0 Å². The third kappa shape index (κ3) is 4.23. The van der Waals surface area contributed by atoms with Crippen molar-refractivity contribution in [3.8, 4) is 5.75 Å². The highest BCUT2D eigenvalue weighted by Crippen LogP contribution is 2.29. The van der Waals surface area contributed by atoms with Gasteiger partial charge in [-0.1, -0.05) is 11.6 Å². The van der Waals surface area contributed by atoms with Crippen LogP contribution in [0.25, 0.3) is 0 Å². The number of carbonyl (C=O) groups excluding carboxylic acids is 1. The maximum absolute atomic E-state index is 12.8. The molecule has 0 saturated carbocycles. The van der Waals surface area contributed by atoms with E-state index in [1.807, 2.05) is 11.8 Å².